The Bertz CT molecular complexity index is 1450. The smallest absolute Gasteiger partial charge is 0.460 e. The van der Waals surface area contributed by atoms with Crippen molar-refractivity contribution >= 4 is 45.9 Å². The first-order valence-corrected chi connectivity index (χ1v) is 14.9. The third-order valence-electron chi connectivity index (χ3n) is 6.77. The van der Waals surface area contributed by atoms with Gasteiger partial charge in [-0.25, -0.2) is 4.79 Å². The minimum absolute atomic E-state index is 0.688. The van der Waals surface area contributed by atoms with Crippen LogP contribution in [0.3, 0.4) is 0 Å². The van der Waals surface area contributed by atoms with E-state index in [0.29, 0.717) is 13.8 Å². The Morgan fingerprint density at radius 1 is 0.582 bits per heavy atom. The molecule has 1 aliphatic rings. The van der Waals surface area contributed by atoms with Gasteiger partial charge in [0.2, 0.25) is 6.29 Å². The lowest BCUT2D eigenvalue weighted by Gasteiger charge is -2.44. The fourth-order valence-corrected chi connectivity index (χ4v) is 4.54. The summed E-state index contributed by atoms with van der Waals surface area (Å²) in [7, 11) is 0. The van der Waals surface area contributed by atoms with Gasteiger partial charge in [-0.15, -0.1) is 0 Å². The first-order valence-electron chi connectivity index (χ1n) is 14.0. The molecule has 1 heterocycles. The average Bonchev–Trinajstić information content (AvgIpc) is 2.99. The largest absolute Gasteiger partial charge is 0.463 e. The van der Waals surface area contributed by atoms with Crippen LogP contribution in [0.4, 0.5) is 79.4 Å². The lowest BCUT2D eigenvalue weighted by atomic mass is 9.88. The highest BCUT2D eigenvalue weighted by Crippen LogP contribution is 2.64. The standard InChI is InChI=1S/C25H23BrF17NO11/c1-7(45)50-5-11-14(52-8(2)46)15(53-9(3)47)13(16(55-11)54-10(4)48)44-17(49)51-6-12(26)18(27,28)19(29,30)20(31,32)21(33,34)22(35,36)23(37,38)24(39,40)25(41,42)43/h11-16H,5-6H2,1-4H3,(H,44,49)/t11-,12?,13-,14-,15-,16-/m1/s1. The van der Waals surface area contributed by atoms with E-state index < -0.39 is 126 Å². The Balaban J connectivity index is 3.49. The van der Waals surface area contributed by atoms with E-state index >= 15 is 0 Å². The molecule has 1 rings (SSSR count). The molecular weight excluding hydrogens is 893 g/mol. The number of alkyl halides is 18. The molecule has 1 aliphatic heterocycles. The lowest BCUT2D eigenvalue weighted by molar-refractivity contribution is -0.461. The summed E-state index contributed by atoms with van der Waals surface area (Å²) in [4.78, 5) is 55.2. The summed E-state index contributed by atoms with van der Waals surface area (Å²) in [5.74, 6) is -63.3. The number of nitrogens with one attached hydrogen (secondary N) is 1. The predicted octanol–water partition coefficient (Wildman–Crippen LogP) is 5.57. The van der Waals surface area contributed by atoms with Gasteiger partial charge in [-0.1, -0.05) is 15.9 Å². The number of halogens is 18. The maximum Gasteiger partial charge on any atom is 0.460 e. The van der Waals surface area contributed by atoms with Crippen molar-refractivity contribution in [2.75, 3.05) is 13.2 Å². The third-order valence-corrected chi connectivity index (χ3v) is 7.61. The normalized spacial score (nSPS) is 22.5. The van der Waals surface area contributed by atoms with E-state index in [4.69, 9.17) is 23.7 Å². The van der Waals surface area contributed by atoms with Crippen molar-refractivity contribution in [1.82, 2.24) is 5.32 Å². The molecule has 0 aliphatic carbocycles. The molecule has 0 saturated carbocycles. The minimum Gasteiger partial charge on any atom is -0.463 e. The summed E-state index contributed by atoms with van der Waals surface area (Å²) in [6, 6.07) is -2.23. The number of hydrogen-bond donors (Lipinski definition) is 1. The first-order chi connectivity index (χ1) is 24.4. The van der Waals surface area contributed by atoms with Crippen LogP contribution in [0.5, 0.6) is 0 Å². The molecule has 6 atom stereocenters. The van der Waals surface area contributed by atoms with E-state index in [-0.39, 0.29) is 0 Å². The number of carbonyl (C=O) groups excluding carboxylic acids is 5. The highest BCUT2D eigenvalue weighted by molar-refractivity contribution is 9.09. The second kappa shape index (κ2) is 16.5. The molecule has 12 nitrogen and oxygen atoms in total. The molecule has 1 N–H and O–H groups in total. The van der Waals surface area contributed by atoms with Gasteiger partial charge in [0.25, 0.3) is 0 Å². The maximum atomic E-state index is 14.6. The average molecular weight is 916 g/mol. The molecule has 55 heavy (non-hydrogen) atoms. The zero-order valence-electron chi connectivity index (χ0n) is 27.2. The van der Waals surface area contributed by atoms with Crippen LogP contribution in [-0.2, 0) is 47.6 Å². The Kier molecular flexibility index (Phi) is 14.8. The van der Waals surface area contributed by atoms with Gasteiger partial charge in [0.1, 0.15) is 30.2 Å². The summed E-state index contributed by atoms with van der Waals surface area (Å²) >= 11 is 1.48. The Morgan fingerprint density at radius 3 is 1.38 bits per heavy atom. The number of esters is 4. The van der Waals surface area contributed by atoms with Gasteiger partial charge in [-0.3, -0.25) is 19.2 Å². The Morgan fingerprint density at radius 2 is 0.982 bits per heavy atom. The zero-order valence-corrected chi connectivity index (χ0v) is 28.8. The number of alkyl carbamates (subject to hydrolysis) is 1. The van der Waals surface area contributed by atoms with Crippen LogP contribution in [0, 0.1) is 0 Å². The molecule has 320 valence electrons. The van der Waals surface area contributed by atoms with Crippen molar-refractivity contribution in [2.24, 2.45) is 0 Å². The summed E-state index contributed by atoms with van der Waals surface area (Å²) < 4.78 is 260. The van der Waals surface area contributed by atoms with E-state index in [0.717, 1.165) is 13.8 Å². The van der Waals surface area contributed by atoms with Crippen LogP contribution in [-0.4, -0.2) is 126 Å². The first kappa shape index (κ1) is 49.4. The monoisotopic (exact) mass is 915 g/mol. The molecule has 0 aromatic carbocycles. The Labute approximate surface area is 302 Å². The van der Waals surface area contributed by atoms with Gasteiger partial charge in [0, 0.05) is 27.7 Å². The van der Waals surface area contributed by atoms with Crippen LogP contribution in [0.2, 0.25) is 0 Å². The number of rotatable bonds is 15. The van der Waals surface area contributed by atoms with Crippen molar-refractivity contribution in [1.29, 1.82) is 0 Å². The molecule has 1 unspecified atom stereocenters. The van der Waals surface area contributed by atoms with Crippen molar-refractivity contribution in [3.05, 3.63) is 0 Å². The highest BCUT2D eigenvalue weighted by atomic mass is 79.9. The quantitative estimate of drug-likeness (QED) is 0.0951. The third kappa shape index (κ3) is 9.51. The molecule has 0 aromatic heterocycles. The molecule has 30 heteroatoms. The van der Waals surface area contributed by atoms with Crippen molar-refractivity contribution in [2.45, 2.75) is 111 Å². The van der Waals surface area contributed by atoms with Crippen molar-refractivity contribution in [3.63, 3.8) is 0 Å². The molecule has 0 aromatic rings. The van der Waals surface area contributed by atoms with Crippen molar-refractivity contribution in [3.8, 4) is 0 Å². The molecule has 0 spiro atoms. The SMILES string of the molecule is CC(=O)OC[C@H]1O[C@@H](OC(C)=O)[C@H](NC(=O)OCC(Br)C(F)(F)C(F)(F)C(F)(F)C(F)(F)C(F)(F)C(F)(F)C(F)(F)C(F)(F)F)[C@@H](OC(C)=O)[C@@H]1OC(C)=O. The van der Waals surface area contributed by atoms with Crippen LogP contribution in [0.15, 0.2) is 0 Å². The highest BCUT2D eigenvalue weighted by Gasteiger charge is 2.95. The summed E-state index contributed by atoms with van der Waals surface area (Å²) in [5, 5.41) is 1.57. The number of carbonyl (C=O) groups is 5. The van der Waals surface area contributed by atoms with E-state index in [1.165, 1.54) is 15.9 Å². The molecule has 1 amide bonds. The minimum atomic E-state index is -8.86. The van der Waals surface area contributed by atoms with Gasteiger partial charge in [0.15, 0.2) is 12.2 Å². The van der Waals surface area contributed by atoms with Gasteiger partial charge >= 0.3 is 77.6 Å². The topological polar surface area (TPSA) is 153 Å². The summed E-state index contributed by atoms with van der Waals surface area (Å²) in [5.41, 5.74) is 0. The van der Waals surface area contributed by atoms with Crippen LogP contribution < -0.4 is 5.32 Å². The van der Waals surface area contributed by atoms with E-state index in [1.54, 1.807) is 5.32 Å². The Hall–Kier alpha value is -3.60. The number of amides is 1. The fourth-order valence-electron chi connectivity index (χ4n) is 4.12. The zero-order chi connectivity index (χ0) is 43.7. The van der Waals surface area contributed by atoms with Gasteiger partial charge in [-0.05, 0) is 0 Å². The number of hydrogen-bond acceptors (Lipinski definition) is 11. The van der Waals surface area contributed by atoms with Crippen LogP contribution >= 0.6 is 15.9 Å². The summed E-state index contributed by atoms with van der Waals surface area (Å²) in [6.45, 7) is -0.345. The predicted molar refractivity (Wildman–Crippen MR) is 140 cm³/mol. The van der Waals surface area contributed by atoms with E-state index in [1.807, 2.05) is 0 Å². The summed E-state index contributed by atoms with van der Waals surface area (Å²) in [6.07, 6.45) is -18.2. The van der Waals surface area contributed by atoms with Crippen LogP contribution in [0.1, 0.15) is 27.7 Å². The molecular formula is C25H23BrF17NO11. The maximum absolute atomic E-state index is 14.6. The second-order valence-corrected chi connectivity index (χ2v) is 12.0. The van der Waals surface area contributed by atoms with E-state index in [9.17, 15) is 98.6 Å². The molecule has 1 fully saturated rings. The van der Waals surface area contributed by atoms with Gasteiger partial charge in [0.05, 0.1) is 0 Å². The lowest BCUT2D eigenvalue weighted by Crippen LogP contribution is -2.75. The molecule has 0 bridgehead atoms. The molecule has 1 saturated heterocycles. The number of ether oxygens (including phenoxy) is 6. The fraction of sp³-hybridized carbons (Fsp3) is 0.800. The second-order valence-electron chi connectivity index (χ2n) is 10.9. The van der Waals surface area contributed by atoms with Gasteiger partial charge in [-0.2, -0.15) is 74.6 Å². The molecule has 0 radical (unpaired) electrons. The van der Waals surface area contributed by atoms with Crippen molar-refractivity contribution < 1.29 is 127 Å². The van der Waals surface area contributed by atoms with Crippen LogP contribution in [0.25, 0.3) is 0 Å². The van der Waals surface area contributed by atoms with E-state index in [2.05, 4.69) is 4.74 Å². The van der Waals surface area contributed by atoms with Gasteiger partial charge < -0.3 is 33.7 Å².